The molecule has 236 valence electrons. The molecule has 0 fully saturated rings. The number of methoxy groups -OCH3 is 2. The Bertz CT molecular complexity index is 1550. The molecule has 0 heterocycles. The Morgan fingerprint density at radius 3 is 1.96 bits per heavy atom. The van der Waals surface area contributed by atoms with Crippen molar-refractivity contribution in [2.75, 3.05) is 27.4 Å². The van der Waals surface area contributed by atoms with Gasteiger partial charge in [-0.1, -0.05) is 54.1 Å². The normalized spacial score (nSPS) is 17.8. The van der Waals surface area contributed by atoms with Crippen molar-refractivity contribution < 1.29 is 28.8 Å². The van der Waals surface area contributed by atoms with Gasteiger partial charge in [-0.15, -0.1) is 0 Å². The highest BCUT2D eigenvalue weighted by Crippen LogP contribution is 2.44. The third-order valence-electron chi connectivity index (χ3n) is 8.03. The van der Waals surface area contributed by atoms with Crippen LogP contribution in [0.2, 0.25) is 5.02 Å². The van der Waals surface area contributed by atoms with Crippen LogP contribution >= 0.6 is 11.6 Å². The molecule has 45 heavy (non-hydrogen) atoms. The van der Waals surface area contributed by atoms with E-state index in [-0.39, 0.29) is 5.92 Å². The zero-order valence-corrected chi connectivity index (χ0v) is 26.9. The topological polar surface area (TPSA) is 66.4 Å². The van der Waals surface area contributed by atoms with Gasteiger partial charge in [-0.2, -0.15) is 0 Å². The Kier molecular flexibility index (Phi) is 11.1. The molecule has 0 aromatic heterocycles. The van der Waals surface area contributed by atoms with E-state index in [4.69, 9.17) is 35.3 Å². The fraction of sp³-hybridized carbons (Fsp3) is 0.316. The average molecular weight is 629 g/mol. The fourth-order valence-electron chi connectivity index (χ4n) is 5.87. The van der Waals surface area contributed by atoms with Gasteiger partial charge in [0.1, 0.15) is 35.2 Å². The lowest BCUT2D eigenvalue weighted by atomic mass is 9.74. The summed E-state index contributed by atoms with van der Waals surface area (Å²) in [4.78, 5) is 0. The lowest BCUT2D eigenvalue weighted by molar-refractivity contribution is 0.0426. The minimum absolute atomic E-state index is 0.169. The second-order valence-corrected chi connectivity index (χ2v) is 11.8. The first-order valence-corrected chi connectivity index (χ1v) is 15.7. The van der Waals surface area contributed by atoms with E-state index in [0.29, 0.717) is 49.2 Å². The summed E-state index contributed by atoms with van der Waals surface area (Å²) in [6.07, 6.45) is 4.11. The molecule has 4 aromatic rings. The second-order valence-electron chi connectivity index (χ2n) is 11.4. The Balaban J connectivity index is 1.38. The SMILES string of the molecule is CCOc1ccc(CC2CC(COCc3ccc(OC)cc3)=CC(O)(c3ccc(Cl)cc3OCc3ccc(OC)cc3)C2)cc1. The van der Waals surface area contributed by atoms with Crippen molar-refractivity contribution >= 4 is 11.6 Å². The lowest BCUT2D eigenvalue weighted by Crippen LogP contribution is -2.33. The minimum Gasteiger partial charge on any atom is -0.497 e. The van der Waals surface area contributed by atoms with Crippen molar-refractivity contribution in [1.82, 2.24) is 0 Å². The molecule has 0 saturated heterocycles. The fourth-order valence-corrected chi connectivity index (χ4v) is 6.03. The molecule has 1 aliphatic rings. The molecule has 0 spiro atoms. The first-order valence-electron chi connectivity index (χ1n) is 15.3. The van der Waals surface area contributed by atoms with E-state index in [0.717, 1.165) is 46.8 Å². The minimum atomic E-state index is -1.27. The van der Waals surface area contributed by atoms with Gasteiger partial charge in [0.15, 0.2) is 0 Å². The standard InChI is InChI=1S/C38H41ClO6/c1-4-44-35-16-5-27(6-17-35)19-30-20-31(25-43-24-28-7-12-33(41-2)13-8-28)23-38(40,22-30)36-18-11-32(39)21-37(36)45-26-29-9-14-34(42-3)15-10-29/h5-18,21,23,30,40H,4,19-20,22,24-26H2,1-3H3. The summed E-state index contributed by atoms with van der Waals surface area (Å²) in [5.41, 5.74) is 3.69. The van der Waals surface area contributed by atoms with Gasteiger partial charge in [-0.25, -0.2) is 0 Å². The van der Waals surface area contributed by atoms with Crippen LogP contribution in [0.3, 0.4) is 0 Å². The molecule has 6 nitrogen and oxygen atoms in total. The summed E-state index contributed by atoms with van der Waals surface area (Å²) in [5.74, 6) is 3.17. The van der Waals surface area contributed by atoms with Crippen LogP contribution in [0, 0.1) is 5.92 Å². The van der Waals surface area contributed by atoms with E-state index in [1.165, 1.54) is 5.56 Å². The van der Waals surface area contributed by atoms with Crippen LogP contribution in [0.5, 0.6) is 23.0 Å². The summed E-state index contributed by atoms with van der Waals surface area (Å²) in [6, 6.07) is 29.3. The Hall–Kier alpha value is -3.97. The smallest absolute Gasteiger partial charge is 0.127 e. The van der Waals surface area contributed by atoms with Gasteiger partial charge < -0.3 is 28.8 Å². The predicted octanol–water partition coefficient (Wildman–Crippen LogP) is 8.32. The highest BCUT2D eigenvalue weighted by Gasteiger charge is 2.37. The van der Waals surface area contributed by atoms with Crippen molar-refractivity contribution in [3.63, 3.8) is 0 Å². The summed E-state index contributed by atoms with van der Waals surface area (Å²) in [6.45, 7) is 3.80. The molecule has 0 radical (unpaired) electrons. The average Bonchev–Trinajstić information content (AvgIpc) is 3.05. The summed E-state index contributed by atoms with van der Waals surface area (Å²) in [5, 5.41) is 12.9. The van der Waals surface area contributed by atoms with Crippen molar-refractivity contribution in [2.24, 2.45) is 5.92 Å². The van der Waals surface area contributed by atoms with Gasteiger partial charge in [-0.3, -0.25) is 0 Å². The number of hydrogen-bond acceptors (Lipinski definition) is 6. The molecule has 4 aromatic carbocycles. The van der Waals surface area contributed by atoms with E-state index in [2.05, 4.69) is 12.1 Å². The van der Waals surface area contributed by atoms with Gasteiger partial charge >= 0.3 is 0 Å². The van der Waals surface area contributed by atoms with Gasteiger partial charge in [0.25, 0.3) is 0 Å². The molecule has 0 amide bonds. The quantitative estimate of drug-likeness (QED) is 0.142. The van der Waals surface area contributed by atoms with Crippen molar-refractivity contribution in [2.45, 2.75) is 45.0 Å². The molecule has 0 aliphatic heterocycles. The third kappa shape index (κ3) is 8.82. The van der Waals surface area contributed by atoms with Crippen molar-refractivity contribution in [1.29, 1.82) is 0 Å². The van der Waals surface area contributed by atoms with Gasteiger partial charge in [-0.05, 0) is 109 Å². The van der Waals surface area contributed by atoms with Crippen LogP contribution in [0.15, 0.2) is 103 Å². The molecule has 7 heteroatoms. The van der Waals surface area contributed by atoms with Crippen LogP contribution in [0.4, 0.5) is 0 Å². The molecule has 0 bridgehead atoms. The molecule has 5 rings (SSSR count). The third-order valence-corrected chi connectivity index (χ3v) is 8.27. The van der Waals surface area contributed by atoms with Crippen LogP contribution in [0.25, 0.3) is 0 Å². The first kappa shape index (κ1) is 32.4. The predicted molar refractivity (Wildman–Crippen MR) is 177 cm³/mol. The van der Waals surface area contributed by atoms with E-state index >= 15 is 0 Å². The van der Waals surface area contributed by atoms with Gasteiger partial charge in [0, 0.05) is 10.6 Å². The zero-order valence-electron chi connectivity index (χ0n) is 26.1. The van der Waals surface area contributed by atoms with Crippen LogP contribution in [0.1, 0.15) is 42.0 Å². The maximum absolute atomic E-state index is 12.4. The molecular formula is C38H41ClO6. The largest absolute Gasteiger partial charge is 0.497 e. The van der Waals surface area contributed by atoms with Gasteiger partial charge in [0.2, 0.25) is 0 Å². The highest BCUT2D eigenvalue weighted by molar-refractivity contribution is 6.30. The second kappa shape index (κ2) is 15.3. The van der Waals surface area contributed by atoms with E-state index in [1.54, 1.807) is 26.4 Å². The maximum Gasteiger partial charge on any atom is 0.127 e. The summed E-state index contributed by atoms with van der Waals surface area (Å²) in [7, 11) is 3.30. The van der Waals surface area contributed by atoms with Crippen molar-refractivity contribution in [3.05, 3.63) is 130 Å². The van der Waals surface area contributed by atoms with Crippen LogP contribution in [-0.2, 0) is 30.0 Å². The van der Waals surface area contributed by atoms with Crippen LogP contribution < -0.4 is 18.9 Å². The van der Waals surface area contributed by atoms with E-state index in [1.807, 2.05) is 79.7 Å². The summed E-state index contributed by atoms with van der Waals surface area (Å²) >= 11 is 6.44. The molecule has 1 N–H and O–H groups in total. The number of benzene rings is 4. The molecule has 0 saturated carbocycles. The molecule has 2 unspecified atom stereocenters. The van der Waals surface area contributed by atoms with Crippen LogP contribution in [-0.4, -0.2) is 32.5 Å². The molecule has 1 aliphatic carbocycles. The lowest BCUT2D eigenvalue weighted by Gasteiger charge is -2.37. The Labute approximate surface area is 271 Å². The highest BCUT2D eigenvalue weighted by atomic mass is 35.5. The zero-order chi connectivity index (χ0) is 31.6. The maximum atomic E-state index is 12.4. The number of aliphatic hydroxyl groups is 1. The van der Waals surface area contributed by atoms with Gasteiger partial charge in [0.05, 0.1) is 34.0 Å². The monoisotopic (exact) mass is 628 g/mol. The Morgan fingerprint density at radius 2 is 1.33 bits per heavy atom. The number of halogens is 1. The Morgan fingerprint density at radius 1 is 0.733 bits per heavy atom. The van der Waals surface area contributed by atoms with E-state index in [9.17, 15) is 5.11 Å². The molecular weight excluding hydrogens is 588 g/mol. The van der Waals surface area contributed by atoms with E-state index < -0.39 is 5.60 Å². The first-order chi connectivity index (χ1) is 21.9. The summed E-state index contributed by atoms with van der Waals surface area (Å²) < 4.78 is 28.7. The number of ether oxygens (including phenoxy) is 5. The number of hydrogen-bond donors (Lipinski definition) is 1. The number of rotatable bonds is 14. The molecule has 2 atom stereocenters. The van der Waals surface area contributed by atoms with Crippen molar-refractivity contribution in [3.8, 4) is 23.0 Å².